The zero-order valence-corrected chi connectivity index (χ0v) is 7.57. The summed E-state index contributed by atoms with van der Waals surface area (Å²) in [6.07, 6.45) is 4.19. The van der Waals surface area contributed by atoms with Crippen molar-refractivity contribution in [3.05, 3.63) is 30.1 Å². The molecule has 0 aliphatic carbocycles. The van der Waals surface area contributed by atoms with Crippen LogP contribution in [0.2, 0.25) is 0 Å². The lowest BCUT2D eigenvalue weighted by Gasteiger charge is -1.91. The third-order valence-electron chi connectivity index (χ3n) is 1.20. The van der Waals surface area contributed by atoms with Gasteiger partial charge in [0.1, 0.15) is 6.21 Å². The summed E-state index contributed by atoms with van der Waals surface area (Å²) >= 11 is 0. The number of carboxylic acids is 1. The van der Waals surface area contributed by atoms with E-state index in [9.17, 15) is 4.79 Å². The van der Waals surface area contributed by atoms with Crippen molar-refractivity contribution in [3.63, 3.8) is 0 Å². The van der Waals surface area contributed by atoms with Crippen LogP contribution in [0.3, 0.4) is 0 Å². The fourth-order valence-electron chi connectivity index (χ4n) is 0.721. The second-order valence-electron chi connectivity index (χ2n) is 2.17. The van der Waals surface area contributed by atoms with Crippen molar-refractivity contribution < 1.29 is 9.90 Å². The van der Waals surface area contributed by atoms with Gasteiger partial charge in [0.2, 0.25) is 0 Å². The number of rotatable bonds is 3. The van der Waals surface area contributed by atoms with E-state index in [0.29, 0.717) is 6.54 Å². The number of aliphatic imine (C=N–C) groups is 1. The normalized spacial score (nSPS) is 9.54. The van der Waals surface area contributed by atoms with E-state index < -0.39 is 5.97 Å². The Morgan fingerprint density at radius 2 is 2.46 bits per heavy atom. The number of carbonyl (C=O) groups is 1. The smallest absolute Gasteiger partial charge is 0.346 e. The molecule has 1 N–H and O–H groups in total. The van der Waals surface area contributed by atoms with Crippen LogP contribution in [0.15, 0.2) is 29.5 Å². The van der Waals surface area contributed by atoms with Crippen LogP contribution in [-0.4, -0.2) is 22.3 Å². The summed E-state index contributed by atoms with van der Waals surface area (Å²) in [7, 11) is 0. The van der Waals surface area contributed by atoms with Gasteiger partial charge in [0, 0.05) is 12.4 Å². The second-order valence-corrected chi connectivity index (χ2v) is 2.17. The van der Waals surface area contributed by atoms with Gasteiger partial charge >= 0.3 is 5.97 Å². The van der Waals surface area contributed by atoms with Crippen LogP contribution in [0.5, 0.6) is 0 Å². The number of aromatic nitrogens is 1. The van der Waals surface area contributed by atoms with Crippen molar-refractivity contribution in [1.82, 2.24) is 4.98 Å². The van der Waals surface area contributed by atoms with E-state index in [4.69, 9.17) is 5.11 Å². The van der Waals surface area contributed by atoms with E-state index in [-0.39, 0.29) is 12.4 Å². The summed E-state index contributed by atoms with van der Waals surface area (Å²) in [5, 5.41) is 8.23. The predicted molar refractivity (Wildman–Crippen MR) is 51.3 cm³/mol. The van der Waals surface area contributed by atoms with Crippen molar-refractivity contribution >= 4 is 24.6 Å². The molecular weight excluding hydrogens is 192 g/mol. The van der Waals surface area contributed by atoms with Crippen molar-refractivity contribution in [2.45, 2.75) is 6.54 Å². The van der Waals surface area contributed by atoms with Gasteiger partial charge in [0.05, 0.1) is 6.54 Å². The monoisotopic (exact) mass is 200 g/mol. The van der Waals surface area contributed by atoms with E-state index in [1.54, 1.807) is 18.5 Å². The molecule has 0 fully saturated rings. The summed E-state index contributed by atoms with van der Waals surface area (Å²) in [5.74, 6) is -1.03. The molecule has 0 radical (unpaired) electrons. The molecule has 0 aliphatic heterocycles. The van der Waals surface area contributed by atoms with Gasteiger partial charge in [-0.3, -0.25) is 9.98 Å². The predicted octanol–water partition coefficient (Wildman–Crippen LogP) is 1.16. The first-order valence-corrected chi connectivity index (χ1v) is 3.40. The number of pyridine rings is 1. The van der Waals surface area contributed by atoms with Crippen LogP contribution in [0, 0.1) is 0 Å². The van der Waals surface area contributed by atoms with Crippen molar-refractivity contribution in [1.29, 1.82) is 0 Å². The average molecular weight is 201 g/mol. The Morgan fingerprint density at radius 1 is 1.69 bits per heavy atom. The van der Waals surface area contributed by atoms with Crippen LogP contribution in [0.25, 0.3) is 0 Å². The fourth-order valence-corrected chi connectivity index (χ4v) is 0.721. The molecule has 0 aromatic carbocycles. The molecule has 0 saturated carbocycles. The van der Waals surface area contributed by atoms with Crippen LogP contribution in [-0.2, 0) is 11.3 Å². The van der Waals surface area contributed by atoms with Crippen LogP contribution < -0.4 is 0 Å². The third kappa shape index (κ3) is 4.92. The maximum Gasteiger partial charge on any atom is 0.346 e. The highest BCUT2D eigenvalue weighted by molar-refractivity contribution is 6.21. The Bertz CT molecular complexity index is 287. The van der Waals surface area contributed by atoms with Crippen LogP contribution in [0.1, 0.15) is 5.56 Å². The van der Waals surface area contributed by atoms with Gasteiger partial charge in [0.25, 0.3) is 0 Å². The van der Waals surface area contributed by atoms with E-state index in [0.717, 1.165) is 11.8 Å². The Labute approximate surface area is 81.8 Å². The lowest BCUT2D eigenvalue weighted by Crippen LogP contribution is -1.95. The van der Waals surface area contributed by atoms with Gasteiger partial charge in [-0.2, -0.15) is 0 Å². The molecule has 0 aliphatic rings. The minimum absolute atomic E-state index is 0. The maximum atomic E-state index is 10.0. The summed E-state index contributed by atoms with van der Waals surface area (Å²) in [4.78, 5) is 17.6. The van der Waals surface area contributed by atoms with E-state index in [2.05, 4.69) is 9.98 Å². The van der Waals surface area contributed by atoms with Gasteiger partial charge in [-0.15, -0.1) is 12.4 Å². The minimum Gasteiger partial charge on any atom is -0.477 e. The molecule has 0 saturated heterocycles. The molecule has 70 valence electrons. The lowest BCUT2D eigenvalue weighted by molar-refractivity contribution is -0.128. The highest BCUT2D eigenvalue weighted by Crippen LogP contribution is 1.96. The first-order valence-electron chi connectivity index (χ1n) is 3.40. The first kappa shape index (κ1) is 11.6. The van der Waals surface area contributed by atoms with Crippen molar-refractivity contribution in [2.75, 3.05) is 0 Å². The molecule has 5 heteroatoms. The summed E-state index contributed by atoms with van der Waals surface area (Å²) in [5.41, 5.74) is 0.898. The zero-order chi connectivity index (χ0) is 8.81. The molecule has 0 amide bonds. The van der Waals surface area contributed by atoms with Gasteiger partial charge in [0.15, 0.2) is 0 Å². The Hall–Kier alpha value is -1.42. The lowest BCUT2D eigenvalue weighted by atomic mass is 10.3. The molecule has 1 heterocycles. The fraction of sp³-hybridized carbons (Fsp3) is 0.125. The Kier molecular flexibility index (Phi) is 5.47. The molecule has 4 nitrogen and oxygen atoms in total. The summed E-state index contributed by atoms with van der Waals surface area (Å²) in [6, 6.07) is 3.62. The number of carboxylic acid groups (broad SMARTS) is 1. The van der Waals surface area contributed by atoms with Crippen molar-refractivity contribution in [3.8, 4) is 0 Å². The van der Waals surface area contributed by atoms with Crippen LogP contribution in [0.4, 0.5) is 0 Å². The summed E-state index contributed by atoms with van der Waals surface area (Å²) < 4.78 is 0. The average Bonchev–Trinajstić information content (AvgIpc) is 2.05. The molecule has 1 aromatic heterocycles. The van der Waals surface area contributed by atoms with Crippen molar-refractivity contribution in [2.24, 2.45) is 4.99 Å². The molecule has 13 heavy (non-hydrogen) atoms. The molecule has 0 spiro atoms. The van der Waals surface area contributed by atoms with Crippen LogP contribution >= 0.6 is 12.4 Å². The molecule has 0 atom stereocenters. The number of hydrogen-bond acceptors (Lipinski definition) is 3. The van der Waals surface area contributed by atoms with Gasteiger partial charge in [-0.05, 0) is 11.6 Å². The van der Waals surface area contributed by atoms with Gasteiger partial charge < -0.3 is 5.11 Å². The van der Waals surface area contributed by atoms with Gasteiger partial charge in [-0.1, -0.05) is 6.07 Å². The maximum absolute atomic E-state index is 10.0. The highest BCUT2D eigenvalue weighted by Gasteiger charge is 1.89. The first-order chi connectivity index (χ1) is 5.79. The Balaban J connectivity index is 0.00000144. The minimum atomic E-state index is -1.03. The molecule has 0 unspecified atom stereocenters. The standard InChI is InChI=1S/C8H8N2O2.ClH/c11-8(12)6-10-5-7-2-1-3-9-4-7;/h1-4,6H,5H2,(H,11,12);1H. The summed E-state index contributed by atoms with van der Waals surface area (Å²) in [6.45, 7) is 0.361. The molecule has 1 rings (SSSR count). The van der Waals surface area contributed by atoms with E-state index in [1.165, 1.54) is 0 Å². The SMILES string of the molecule is Cl.O=C(O)C=NCc1cccnc1. The van der Waals surface area contributed by atoms with E-state index in [1.807, 2.05) is 6.07 Å². The molecular formula is C8H9ClN2O2. The van der Waals surface area contributed by atoms with E-state index >= 15 is 0 Å². The highest BCUT2D eigenvalue weighted by atomic mass is 35.5. The molecule has 1 aromatic rings. The largest absolute Gasteiger partial charge is 0.477 e. The number of halogens is 1. The van der Waals surface area contributed by atoms with Gasteiger partial charge in [-0.25, -0.2) is 4.79 Å². The quantitative estimate of drug-likeness (QED) is 0.745. The molecule has 0 bridgehead atoms. The number of aliphatic carboxylic acids is 1. The third-order valence-corrected chi connectivity index (χ3v) is 1.20. The topological polar surface area (TPSA) is 62.5 Å². The second kappa shape index (κ2) is 6.14. The Morgan fingerprint density at radius 3 is 3.00 bits per heavy atom. The zero-order valence-electron chi connectivity index (χ0n) is 6.75. The number of nitrogens with zero attached hydrogens (tertiary/aromatic N) is 2. The number of hydrogen-bond donors (Lipinski definition) is 1.